The average Bonchev–Trinajstić information content (AvgIpc) is 3.46. The van der Waals surface area contributed by atoms with Gasteiger partial charge in [0, 0.05) is 18.0 Å². The molecule has 0 saturated carbocycles. The molecule has 0 spiro atoms. The number of carbonyl (C=O) groups excluding carboxylic acids is 2. The zero-order valence-corrected chi connectivity index (χ0v) is 23.7. The minimum Gasteiger partial charge on any atom is -0.493 e. The minimum absolute atomic E-state index is 0.0594. The number of carbonyl (C=O) groups is 2. The number of ether oxygens (including phenoxy) is 3. The molecule has 0 fully saturated rings. The van der Waals surface area contributed by atoms with Gasteiger partial charge in [0.25, 0.3) is 0 Å². The Labute approximate surface area is 226 Å². The Bertz CT molecular complexity index is 1360. The van der Waals surface area contributed by atoms with Gasteiger partial charge in [-0.05, 0) is 68.0 Å². The third-order valence-electron chi connectivity index (χ3n) is 6.43. The minimum atomic E-state index is -3.37. The molecule has 3 N–H and O–H groups in total. The number of fused-ring (bicyclic) bond motifs is 3. The van der Waals surface area contributed by atoms with Crippen molar-refractivity contribution in [1.29, 1.82) is 0 Å². The van der Waals surface area contributed by atoms with E-state index in [9.17, 15) is 18.0 Å². The molecule has 1 aromatic heterocycles. The van der Waals surface area contributed by atoms with Crippen LogP contribution in [0.4, 0.5) is 0 Å². The first-order valence-electron chi connectivity index (χ1n) is 12.1. The summed E-state index contributed by atoms with van der Waals surface area (Å²) in [6.07, 6.45) is 3.30. The summed E-state index contributed by atoms with van der Waals surface area (Å²) in [6.45, 7) is 5.96. The van der Waals surface area contributed by atoms with Gasteiger partial charge in [-0.25, -0.2) is 17.9 Å². The fourth-order valence-electron chi connectivity index (χ4n) is 4.97. The third kappa shape index (κ3) is 5.38. The molecule has 3 heterocycles. The number of nitrogens with one attached hydrogen (secondary N) is 1. The Kier molecular flexibility index (Phi) is 7.52. The standard InChI is InChI=1S/C26H33N3O7S2/c1-25(2,3)36-23(30)18-15-26(24(27)31,21-7-6-12-37-21)22-17-14-20(35-11-9-28-38(5,32)33)19(34-4)13-16(17)8-10-29(18)22/h6-7,12-15,22,28H,8-11H2,1-5H3,(H2,27,31). The highest BCUT2D eigenvalue weighted by Crippen LogP contribution is 2.54. The molecule has 2 aromatic rings. The van der Waals surface area contributed by atoms with Gasteiger partial charge in [-0.3, -0.25) is 4.79 Å². The van der Waals surface area contributed by atoms with Crippen LogP contribution in [0.5, 0.6) is 11.5 Å². The van der Waals surface area contributed by atoms with Gasteiger partial charge in [-0.2, -0.15) is 0 Å². The average molecular weight is 564 g/mol. The first-order chi connectivity index (χ1) is 17.8. The van der Waals surface area contributed by atoms with E-state index >= 15 is 0 Å². The molecule has 2 aliphatic heterocycles. The summed E-state index contributed by atoms with van der Waals surface area (Å²) in [6, 6.07) is 6.72. The number of esters is 1. The van der Waals surface area contributed by atoms with Crippen molar-refractivity contribution < 1.29 is 32.2 Å². The smallest absolute Gasteiger partial charge is 0.354 e. The monoisotopic (exact) mass is 563 g/mol. The molecule has 1 aromatic carbocycles. The SMILES string of the molecule is COc1cc2c(cc1OCCNS(C)(=O)=O)C1N(CC2)C(C(=O)OC(C)(C)C)=CC1(C(N)=O)c1cccs1. The first kappa shape index (κ1) is 27.9. The number of nitrogens with two attached hydrogens (primary N) is 1. The summed E-state index contributed by atoms with van der Waals surface area (Å²) in [7, 11) is -1.84. The van der Waals surface area contributed by atoms with E-state index in [1.807, 2.05) is 28.5 Å². The third-order valence-corrected chi connectivity index (χ3v) is 8.18. The molecule has 12 heteroatoms. The topological polar surface area (TPSA) is 137 Å². The molecule has 0 radical (unpaired) electrons. The molecular weight excluding hydrogens is 530 g/mol. The highest BCUT2D eigenvalue weighted by molar-refractivity contribution is 7.88. The maximum absolute atomic E-state index is 13.3. The predicted molar refractivity (Wildman–Crippen MR) is 144 cm³/mol. The van der Waals surface area contributed by atoms with Crippen LogP contribution >= 0.6 is 11.3 Å². The maximum atomic E-state index is 13.3. The Balaban J connectivity index is 1.81. The van der Waals surface area contributed by atoms with Crippen LogP contribution in [0.3, 0.4) is 0 Å². The van der Waals surface area contributed by atoms with E-state index in [2.05, 4.69) is 4.72 Å². The Hall–Kier alpha value is -3.09. The van der Waals surface area contributed by atoms with Crippen molar-refractivity contribution in [2.24, 2.45) is 5.73 Å². The first-order valence-corrected chi connectivity index (χ1v) is 14.9. The van der Waals surface area contributed by atoms with E-state index in [1.165, 1.54) is 18.4 Å². The molecule has 0 saturated heterocycles. The molecule has 4 rings (SSSR count). The van der Waals surface area contributed by atoms with E-state index < -0.39 is 39.0 Å². The number of thiophene rings is 1. The molecule has 2 unspecified atom stereocenters. The summed E-state index contributed by atoms with van der Waals surface area (Å²) in [4.78, 5) is 29.3. The number of hydrogen-bond acceptors (Lipinski definition) is 9. The molecule has 1 amide bonds. The maximum Gasteiger partial charge on any atom is 0.354 e. The molecule has 2 aliphatic rings. The summed E-state index contributed by atoms with van der Waals surface area (Å²) < 4.78 is 42.4. The van der Waals surface area contributed by atoms with Crippen LogP contribution in [0.1, 0.15) is 42.8 Å². The van der Waals surface area contributed by atoms with Gasteiger partial charge in [0.2, 0.25) is 15.9 Å². The molecule has 0 bridgehead atoms. The Morgan fingerprint density at radius 1 is 1.26 bits per heavy atom. The second-order valence-corrected chi connectivity index (χ2v) is 13.1. The van der Waals surface area contributed by atoms with Gasteiger partial charge in [-0.1, -0.05) is 6.07 Å². The van der Waals surface area contributed by atoms with Crippen LogP contribution in [0.15, 0.2) is 41.4 Å². The Morgan fingerprint density at radius 3 is 2.58 bits per heavy atom. The predicted octanol–water partition coefficient (Wildman–Crippen LogP) is 2.25. The molecule has 206 valence electrons. The van der Waals surface area contributed by atoms with Crippen molar-refractivity contribution in [1.82, 2.24) is 9.62 Å². The van der Waals surface area contributed by atoms with E-state index in [4.69, 9.17) is 19.9 Å². The number of sulfonamides is 1. The summed E-state index contributed by atoms with van der Waals surface area (Å²) in [5.41, 5.74) is 6.08. The Morgan fingerprint density at radius 2 is 2.00 bits per heavy atom. The zero-order valence-electron chi connectivity index (χ0n) is 22.1. The molecule has 2 atom stereocenters. The van der Waals surface area contributed by atoms with Crippen LogP contribution in [-0.2, 0) is 36.2 Å². The fraction of sp³-hybridized carbons (Fsp3) is 0.462. The van der Waals surface area contributed by atoms with Gasteiger partial charge in [-0.15, -0.1) is 11.3 Å². The highest BCUT2D eigenvalue weighted by Gasteiger charge is 2.57. The van der Waals surface area contributed by atoms with Gasteiger partial charge >= 0.3 is 5.97 Å². The number of benzene rings is 1. The number of primary amides is 1. The molecular formula is C26H33N3O7S2. The highest BCUT2D eigenvalue weighted by atomic mass is 32.2. The number of amides is 1. The van der Waals surface area contributed by atoms with Crippen molar-refractivity contribution >= 4 is 33.2 Å². The summed E-state index contributed by atoms with van der Waals surface area (Å²) in [5.74, 6) is -0.242. The van der Waals surface area contributed by atoms with Crippen LogP contribution in [0.25, 0.3) is 0 Å². The van der Waals surface area contributed by atoms with E-state index in [0.29, 0.717) is 35.0 Å². The zero-order chi connectivity index (χ0) is 27.9. The number of hydrogen-bond donors (Lipinski definition) is 2. The van der Waals surface area contributed by atoms with Gasteiger partial charge in [0.1, 0.15) is 23.3 Å². The molecule has 38 heavy (non-hydrogen) atoms. The van der Waals surface area contributed by atoms with E-state index in [-0.39, 0.29) is 13.2 Å². The van der Waals surface area contributed by atoms with Crippen molar-refractivity contribution in [3.63, 3.8) is 0 Å². The van der Waals surface area contributed by atoms with Gasteiger partial charge < -0.3 is 24.8 Å². The number of methoxy groups -OCH3 is 1. The van der Waals surface area contributed by atoms with Crippen molar-refractivity contribution in [3.8, 4) is 11.5 Å². The quantitative estimate of drug-likeness (QED) is 0.350. The van der Waals surface area contributed by atoms with Gasteiger partial charge in [0.15, 0.2) is 11.5 Å². The summed E-state index contributed by atoms with van der Waals surface area (Å²) in [5, 5.41) is 1.87. The number of rotatable bonds is 9. The second kappa shape index (κ2) is 10.2. The second-order valence-electron chi connectivity index (χ2n) is 10.3. The lowest BCUT2D eigenvalue weighted by atomic mass is 9.73. The van der Waals surface area contributed by atoms with Crippen molar-refractivity contribution in [2.45, 2.75) is 44.2 Å². The van der Waals surface area contributed by atoms with Crippen LogP contribution in [0, 0.1) is 0 Å². The lowest BCUT2D eigenvalue weighted by molar-refractivity contribution is -0.152. The van der Waals surface area contributed by atoms with Crippen LogP contribution in [0.2, 0.25) is 0 Å². The lowest BCUT2D eigenvalue weighted by Crippen LogP contribution is -2.48. The van der Waals surface area contributed by atoms with E-state index in [1.54, 1.807) is 32.9 Å². The summed E-state index contributed by atoms with van der Waals surface area (Å²) >= 11 is 1.39. The van der Waals surface area contributed by atoms with Crippen molar-refractivity contribution in [2.75, 3.05) is 33.1 Å². The lowest BCUT2D eigenvalue weighted by Gasteiger charge is -2.42. The molecule has 10 nitrogen and oxygen atoms in total. The largest absolute Gasteiger partial charge is 0.493 e. The van der Waals surface area contributed by atoms with Gasteiger partial charge in [0.05, 0.1) is 19.4 Å². The van der Waals surface area contributed by atoms with Crippen LogP contribution in [-0.4, -0.2) is 63.9 Å². The normalized spacial score (nSPS) is 20.8. The molecule has 0 aliphatic carbocycles. The van der Waals surface area contributed by atoms with E-state index in [0.717, 1.165) is 17.4 Å². The fourth-order valence-corrected chi connectivity index (χ4v) is 6.35. The van der Waals surface area contributed by atoms with Crippen molar-refractivity contribution in [3.05, 3.63) is 57.4 Å². The number of nitrogens with zero attached hydrogens (tertiary/aromatic N) is 1. The van der Waals surface area contributed by atoms with Crippen LogP contribution < -0.4 is 19.9 Å².